The maximum atomic E-state index is 12.6. The van der Waals surface area contributed by atoms with Crippen molar-refractivity contribution in [2.24, 2.45) is 0 Å². The van der Waals surface area contributed by atoms with Crippen molar-refractivity contribution in [2.75, 3.05) is 0 Å². The summed E-state index contributed by atoms with van der Waals surface area (Å²) in [4.78, 5) is 13.4. The molecule has 0 aromatic heterocycles. The van der Waals surface area contributed by atoms with E-state index in [1.165, 1.54) is 0 Å². The van der Waals surface area contributed by atoms with Gasteiger partial charge in [0.15, 0.2) is 0 Å². The Balaban J connectivity index is 2.36. The minimum absolute atomic E-state index is 0.0664. The highest BCUT2D eigenvalue weighted by Crippen LogP contribution is 2.31. The van der Waals surface area contributed by atoms with Gasteiger partial charge in [-0.05, 0) is 17.5 Å². The highest BCUT2D eigenvalue weighted by Gasteiger charge is 2.16. The molecule has 1 heterocycles. The molecule has 0 atom stereocenters. The molecule has 2 nitrogen and oxygen atoms in total. The molecule has 1 aromatic carbocycles. The molecule has 0 unspecified atom stereocenters. The molecule has 19 heavy (non-hydrogen) atoms. The third-order valence-corrected chi connectivity index (χ3v) is 4.04. The summed E-state index contributed by atoms with van der Waals surface area (Å²) in [5, 5.41) is 2.30. The summed E-state index contributed by atoms with van der Waals surface area (Å²) in [6, 6.07) is 11.6. The van der Waals surface area contributed by atoms with E-state index in [4.69, 9.17) is 4.42 Å². The van der Waals surface area contributed by atoms with Gasteiger partial charge in [0.1, 0.15) is 5.76 Å². The van der Waals surface area contributed by atoms with Crippen LogP contribution >= 0.6 is 11.8 Å². The van der Waals surface area contributed by atoms with E-state index in [0.29, 0.717) is 16.6 Å². The quantitative estimate of drug-likeness (QED) is 0.511. The first kappa shape index (κ1) is 12.3. The fourth-order valence-electron chi connectivity index (χ4n) is 2.20. The smallest absolute Gasteiger partial charge is 0.203 e. The summed E-state index contributed by atoms with van der Waals surface area (Å²) in [5.41, 5.74) is 0.750. The fourth-order valence-corrected chi connectivity index (χ4v) is 3.06. The lowest BCUT2D eigenvalue weighted by atomic mass is 10.0. The van der Waals surface area contributed by atoms with Crippen LogP contribution in [0.3, 0.4) is 0 Å². The number of rotatable bonds is 2. The molecule has 0 radical (unpaired) electrons. The van der Waals surface area contributed by atoms with E-state index in [2.05, 4.69) is 13.8 Å². The molecule has 1 aliphatic carbocycles. The van der Waals surface area contributed by atoms with Crippen LogP contribution in [0.25, 0.3) is 22.1 Å². The predicted molar refractivity (Wildman–Crippen MR) is 80.1 cm³/mol. The normalized spacial score (nSPS) is 11.5. The summed E-state index contributed by atoms with van der Waals surface area (Å²) < 4.78 is 5.56. The Morgan fingerprint density at radius 2 is 1.89 bits per heavy atom. The van der Waals surface area contributed by atoms with E-state index in [1.54, 1.807) is 18.0 Å². The Hall–Kier alpha value is -1.74. The van der Waals surface area contributed by atoms with Gasteiger partial charge < -0.3 is 4.42 Å². The second-order valence-electron chi connectivity index (χ2n) is 4.76. The van der Waals surface area contributed by atoms with Gasteiger partial charge in [-0.2, -0.15) is 0 Å². The summed E-state index contributed by atoms with van der Waals surface area (Å²) >= 11 is 1.59. The van der Waals surface area contributed by atoms with Gasteiger partial charge in [0.25, 0.3) is 0 Å². The average molecular weight is 270 g/mol. The molecule has 1 aliphatic heterocycles. The van der Waals surface area contributed by atoms with Gasteiger partial charge in [-0.3, -0.25) is 4.79 Å². The Kier molecular flexibility index (Phi) is 3.07. The second-order valence-corrected chi connectivity index (χ2v) is 6.37. The van der Waals surface area contributed by atoms with Crippen LogP contribution in [0.4, 0.5) is 0 Å². The third-order valence-electron chi connectivity index (χ3n) is 2.99. The zero-order valence-corrected chi connectivity index (χ0v) is 11.7. The molecule has 1 aromatic rings. The average Bonchev–Trinajstić information content (AvgIpc) is 2.41. The minimum Gasteiger partial charge on any atom is -0.464 e. The number of hydrogen-bond donors (Lipinski definition) is 0. The van der Waals surface area contributed by atoms with E-state index in [9.17, 15) is 4.79 Å². The van der Waals surface area contributed by atoms with Crippen molar-refractivity contribution in [1.82, 2.24) is 0 Å². The van der Waals surface area contributed by atoms with Crippen LogP contribution in [0.2, 0.25) is 0 Å². The van der Waals surface area contributed by atoms with Crippen LogP contribution < -0.4 is 5.43 Å². The van der Waals surface area contributed by atoms with Gasteiger partial charge in [0.05, 0.1) is 16.7 Å². The van der Waals surface area contributed by atoms with Gasteiger partial charge in [-0.1, -0.05) is 38.1 Å². The van der Waals surface area contributed by atoms with Gasteiger partial charge >= 0.3 is 0 Å². The molecule has 3 rings (SSSR count). The van der Waals surface area contributed by atoms with Crippen molar-refractivity contribution in [2.45, 2.75) is 24.0 Å². The lowest BCUT2D eigenvalue weighted by Gasteiger charge is -2.10. The monoisotopic (exact) mass is 270 g/mol. The Labute approximate surface area is 115 Å². The fraction of sp³-hybridized carbons (Fsp3) is 0.188. The molecule has 3 heteroatoms. The molecular weight excluding hydrogens is 256 g/mol. The van der Waals surface area contributed by atoms with Crippen molar-refractivity contribution >= 4 is 22.5 Å². The van der Waals surface area contributed by atoms with Crippen LogP contribution in [0.5, 0.6) is 0 Å². The van der Waals surface area contributed by atoms with Crippen molar-refractivity contribution < 1.29 is 4.42 Å². The van der Waals surface area contributed by atoms with Crippen LogP contribution in [0, 0.1) is 0 Å². The van der Waals surface area contributed by atoms with Crippen LogP contribution in [0.1, 0.15) is 13.8 Å². The molecule has 0 N–H and O–H groups in total. The third kappa shape index (κ3) is 2.15. The minimum atomic E-state index is 0.0664. The van der Waals surface area contributed by atoms with Crippen molar-refractivity contribution in [1.29, 1.82) is 0 Å². The lowest BCUT2D eigenvalue weighted by Crippen LogP contribution is -2.09. The highest BCUT2D eigenvalue weighted by molar-refractivity contribution is 7.99. The van der Waals surface area contributed by atoms with Gasteiger partial charge in [-0.25, -0.2) is 0 Å². The highest BCUT2D eigenvalue weighted by atomic mass is 32.2. The summed E-state index contributed by atoms with van der Waals surface area (Å²) in [6.07, 6.45) is 1.70. The van der Waals surface area contributed by atoms with Crippen molar-refractivity contribution in [3.05, 3.63) is 52.9 Å². The van der Waals surface area contributed by atoms with Gasteiger partial charge in [-0.15, -0.1) is 11.8 Å². The van der Waals surface area contributed by atoms with E-state index < -0.39 is 0 Å². The number of fused-ring (bicyclic) bond motifs is 3. The summed E-state index contributed by atoms with van der Waals surface area (Å²) in [5.74, 6) is 0.650. The van der Waals surface area contributed by atoms with Crippen LogP contribution in [0.15, 0.2) is 56.8 Å². The second kappa shape index (κ2) is 4.74. The first-order valence-electron chi connectivity index (χ1n) is 6.27. The summed E-state index contributed by atoms with van der Waals surface area (Å²) in [6.45, 7) is 4.17. The maximum Gasteiger partial charge on any atom is 0.203 e. The molecular formula is C16H14O2S. The first-order chi connectivity index (χ1) is 9.16. The summed E-state index contributed by atoms with van der Waals surface area (Å²) in [7, 11) is 0. The van der Waals surface area contributed by atoms with E-state index in [1.807, 2.05) is 36.4 Å². The largest absolute Gasteiger partial charge is 0.464 e. The van der Waals surface area contributed by atoms with E-state index in [0.717, 1.165) is 15.7 Å². The molecule has 0 amide bonds. The molecule has 0 spiro atoms. The standard InChI is InChI=1S/C16H14O2S/c1-10(2)19-14-8-7-13-15(16(14)17)12-6-4-3-5-11(12)9-18-13/h3-10H,1-2H3. The molecule has 96 valence electrons. The maximum absolute atomic E-state index is 12.6. The van der Waals surface area contributed by atoms with Gasteiger partial charge in [0.2, 0.25) is 5.43 Å². The Bertz CT molecular complexity index is 758. The Morgan fingerprint density at radius 1 is 1.11 bits per heavy atom. The predicted octanol–water partition coefficient (Wildman–Crippen LogP) is 4.40. The zero-order chi connectivity index (χ0) is 13.4. The van der Waals surface area contributed by atoms with Crippen LogP contribution in [-0.4, -0.2) is 5.25 Å². The molecule has 0 saturated carbocycles. The molecule has 2 aliphatic rings. The Morgan fingerprint density at radius 3 is 2.68 bits per heavy atom. The topological polar surface area (TPSA) is 30.2 Å². The van der Waals surface area contributed by atoms with Crippen molar-refractivity contribution in [3.63, 3.8) is 0 Å². The number of thioether (sulfide) groups is 1. The zero-order valence-electron chi connectivity index (χ0n) is 10.8. The van der Waals surface area contributed by atoms with Crippen LogP contribution in [-0.2, 0) is 0 Å². The molecule has 0 fully saturated rings. The SMILES string of the molecule is CC(C)Sc1ccc2occ3ccccc3c-2c1=O. The number of benzene rings is 2. The molecule has 0 bridgehead atoms. The van der Waals surface area contributed by atoms with E-state index >= 15 is 0 Å². The van der Waals surface area contributed by atoms with Crippen molar-refractivity contribution in [3.8, 4) is 11.3 Å². The molecule has 0 saturated heterocycles. The van der Waals surface area contributed by atoms with Gasteiger partial charge in [0, 0.05) is 10.6 Å². The lowest BCUT2D eigenvalue weighted by molar-refractivity contribution is 0.571. The number of hydrogen-bond acceptors (Lipinski definition) is 3. The van der Waals surface area contributed by atoms with E-state index in [-0.39, 0.29) is 5.43 Å². The first-order valence-corrected chi connectivity index (χ1v) is 7.14.